The average molecular weight is 336 g/mol. The van der Waals surface area contributed by atoms with Crippen molar-refractivity contribution in [1.29, 1.82) is 0 Å². The van der Waals surface area contributed by atoms with Gasteiger partial charge in [-0.2, -0.15) is 0 Å². The summed E-state index contributed by atoms with van der Waals surface area (Å²) in [6.45, 7) is 3.89. The van der Waals surface area contributed by atoms with Crippen LogP contribution in [0.1, 0.15) is 17.7 Å². The maximum Gasteiger partial charge on any atom is 0.159 e. The lowest BCUT2D eigenvalue weighted by atomic mass is 10.1. The van der Waals surface area contributed by atoms with E-state index in [4.69, 9.17) is 4.42 Å². The summed E-state index contributed by atoms with van der Waals surface area (Å²) in [7, 11) is 0. The van der Waals surface area contributed by atoms with Crippen molar-refractivity contribution in [2.24, 2.45) is 0 Å². The van der Waals surface area contributed by atoms with Gasteiger partial charge in [0.15, 0.2) is 11.6 Å². The summed E-state index contributed by atoms with van der Waals surface area (Å²) in [6, 6.07) is 8.03. The SMILES string of the molecule is OCC[C@H]1CN(Cc2ccco2)CCN1Cc1ccc(F)c(F)c1. The van der Waals surface area contributed by atoms with Gasteiger partial charge in [0.05, 0.1) is 12.8 Å². The Morgan fingerprint density at radius 1 is 1.12 bits per heavy atom. The van der Waals surface area contributed by atoms with E-state index in [0.717, 1.165) is 37.5 Å². The molecule has 1 atom stereocenters. The normalized spacial score (nSPS) is 19.7. The van der Waals surface area contributed by atoms with Crippen molar-refractivity contribution >= 4 is 0 Å². The Morgan fingerprint density at radius 2 is 2.00 bits per heavy atom. The molecule has 24 heavy (non-hydrogen) atoms. The largest absolute Gasteiger partial charge is 0.468 e. The van der Waals surface area contributed by atoms with Crippen LogP contribution >= 0.6 is 0 Å². The van der Waals surface area contributed by atoms with E-state index < -0.39 is 11.6 Å². The zero-order valence-electron chi connectivity index (χ0n) is 13.5. The Balaban J connectivity index is 1.63. The number of aliphatic hydroxyl groups excluding tert-OH is 1. The Morgan fingerprint density at radius 3 is 2.71 bits per heavy atom. The van der Waals surface area contributed by atoms with Gasteiger partial charge in [0, 0.05) is 38.8 Å². The van der Waals surface area contributed by atoms with E-state index in [-0.39, 0.29) is 12.6 Å². The Kier molecular flexibility index (Phi) is 5.60. The fourth-order valence-corrected chi connectivity index (χ4v) is 3.23. The van der Waals surface area contributed by atoms with E-state index in [2.05, 4.69) is 9.80 Å². The number of nitrogens with zero attached hydrogens (tertiary/aromatic N) is 2. The summed E-state index contributed by atoms with van der Waals surface area (Å²) in [5, 5.41) is 9.35. The number of aliphatic hydroxyl groups is 1. The van der Waals surface area contributed by atoms with Gasteiger partial charge in [0.1, 0.15) is 5.76 Å². The highest BCUT2D eigenvalue weighted by atomic mass is 19.2. The lowest BCUT2D eigenvalue weighted by Crippen LogP contribution is -2.52. The molecule has 1 aromatic carbocycles. The molecule has 2 aromatic rings. The number of furan rings is 1. The third-order valence-corrected chi connectivity index (χ3v) is 4.48. The van der Waals surface area contributed by atoms with Gasteiger partial charge >= 0.3 is 0 Å². The van der Waals surface area contributed by atoms with Crippen LogP contribution in [0.4, 0.5) is 8.78 Å². The van der Waals surface area contributed by atoms with Gasteiger partial charge < -0.3 is 9.52 Å². The molecule has 0 spiro atoms. The minimum Gasteiger partial charge on any atom is -0.468 e. The maximum absolute atomic E-state index is 13.4. The molecule has 1 fully saturated rings. The van der Waals surface area contributed by atoms with Gasteiger partial charge in [-0.3, -0.25) is 9.80 Å². The van der Waals surface area contributed by atoms with Crippen LogP contribution < -0.4 is 0 Å². The molecule has 0 bridgehead atoms. The molecular formula is C18H22F2N2O2. The molecule has 1 saturated heterocycles. The highest BCUT2D eigenvalue weighted by molar-refractivity contribution is 5.18. The van der Waals surface area contributed by atoms with Gasteiger partial charge in [0.2, 0.25) is 0 Å². The number of hydrogen-bond donors (Lipinski definition) is 1. The minimum atomic E-state index is -0.825. The first-order chi connectivity index (χ1) is 11.7. The molecule has 0 amide bonds. The summed E-state index contributed by atoms with van der Waals surface area (Å²) in [5.74, 6) is -0.719. The zero-order chi connectivity index (χ0) is 16.9. The highest BCUT2D eigenvalue weighted by Gasteiger charge is 2.27. The second-order valence-corrected chi connectivity index (χ2v) is 6.20. The molecule has 0 saturated carbocycles. The van der Waals surface area contributed by atoms with Crippen LogP contribution in [-0.2, 0) is 13.1 Å². The molecule has 6 heteroatoms. The summed E-state index contributed by atoms with van der Waals surface area (Å²) >= 11 is 0. The molecule has 130 valence electrons. The van der Waals surface area contributed by atoms with E-state index >= 15 is 0 Å². The monoisotopic (exact) mass is 336 g/mol. The van der Waals surface area contributed by atoms with E-state index in [9.17, 15) is 13.9 Å². The Hall–Kier alpha value is -1.76. The number of halogens is 2. The molecule has 2 heterocycles. The predicted octanol–water partition coefficient (Wildman–Crippen LogP) is 2.63. The van der Waals surface area contributed by atoms with Gasteiger partial charge in [0.25, 0.3) is 0 Å². The Bertz CT molecular complexity index is 648. The van der Waals surface area contributed by atoms with Crippen molar-refractivity contribution in [3.63, 3.8) is 0 Å². The molecule has 3 rings (SSSR count). The van der Waals surface area contributed by atoms with Gasteiger partial charge in [-0.1, -0.05) is 6.07 Å². The summed E-state index contributed by atoms with van der Waals surface area (Å²) < 4.78 is 31.9. The number of piperazine rings is 1. The maximum atomic E-state index is 13.4. The van der Waals surface area contributed by atoms with Crippen molar-refractivity contribution in [2.75, 3.05) is 26.2 Å². The van der Waals surface area contributed by atoms with Crippen LogP contribution in [0.5, 0.6) is 0 Å². The van der Waals surface area contributed by atoms with E-state index in [1.165, 1.54) is 12.1 Å². The van der Waals surface area contributed by atoms with Gasteiger partial charge in [-0.05, 0) is 36.2 Å². The number of hydrogen-bond acceptors (Lipinski definition) is 4. The third kappa shape index (κ3) is 4.20. The van der Waals surface area contributed by atoms with Crippen molar-refractivity contribution < 1.29 is 18.3 Å². The molecule has 1 aliphatic rings. The molecule has 0 radical (unpaired) electrons. The molecular weight excluding hydrogens is 314 g/mol. The number of benzene rings is 1. The van der Waals surface area contributed by atoms with E-state index in [1.807, 2.05) is 12.1 Å². The first kappa shape index (κ1) is 17.1. The first-order valence-electron chi connectivity index (χ1n) is 8.19. The van der Waals surface area contributed by atoms with Crippen molar-refractivity contribution in [3.8, 4) is 0 Å². The molecule has 1 aromatic heterocycles. The fraction of sp³-hybridized carbons (Fsp3) is 0.444. The molecule has 0 unspecified atom stereocenters. The second kappa shape index (κ2) is 7.88. The highest BCUT2D eigenvalue weighted by Crippen LogP contribution is 2.19. The topological polar surface area (TPSA) is 39.9 Å². The lowest BCUT2D eigenvalue weighted by Gasteiger charge is -2.41. The fourth-order valence-electron chi connectivity index (χ4n) is 3.23. The van der Waals surface area contributed by atoms with Crippen LogP contribution in [-0.4, -0.2) is 47.2 Å². The Labute approximate surface area is 140 Å². The zero-order valence-corrected chi connectivity index (χ0v) is 13.5. The molecule has 1 aliphatic heterocycles. The third-order valence-electron chi connectivity index (χ3n) is 4.48. The van der Waals surface area contributed by atoms with Crippen molar-refractivity contribution in [2.45, 2.75) is 25.6 Å². The average Bonchev–Trinajstić information content (AvgIpc) is 3.07. The van der Waals surface area contributed by atoms with E-state index in [1.54, 1.807) is 12.3 Å². The van der Waals surface area contributed by atoms with Crippen LogP contribution in [0.25, 0.3) is 0 Å². The minimum absolute atomic E-state index is 0.105. The second-order valence-electron chi connectivity index (χ2n) is 6.20. The number of rotatable bonds is 6. The smallest absolute Gasteiger partial charge is 0.159 e. The first-order valence-corrected chi connectivity index (χ1v) is 8.19. The molecule has 1 N–H and O–H groups in total. The van der Waals surface area contributed by atoms with Crippen LogP contribution in [0.15, 0.2) is 41.0 Å². The van der Waals surface area contributed by atoms with E-state index in [0.29, 0.717) is 13.0 Å². The predicted molar refractivity (Wildman–Crippen MR) is 86.2 cm³/mol. The standard InChI is InChI=1S/C18H22F2N2O2/c19-17-4-3-14(10-18(17)20)11-22-7-6-21(12-15(22)5-8-23)13-16-2-1-9-24-16/h1-4,9-10,15,23H,5-8,11-13H2/t15-/m0/s1. The summed E-state index contributed by atoms with van der Waals surface area (Å²) in [4.78, 5) is 4.52. The van der Waals surface area contributed by atoms with Gasteiger partial charge in [-0.25, -0.2) is 8.78 Å². The molecule has 0 aliphatic carbocycles. The van der Waals surface area contributed by atoms with Crippen LogP contribution in [0.2, 0.25) is 0 Å². The summed E-state index contributed by atoms with van der Waals surface area (Å²) in [6.07, 6.45) is 2.32. The summed E-state index contributed by atoms with van der Waals surface area (Å²) in [5.41, 5.74) is 0.747. The van der Waals surface area contributed by atoms with Gasteiger partial charge in [-0.15, -0.1) is 0 Å². The quantitative estimate of drug-likeness (QED) is 0.880. The van der Waals surface area contributed by atoms with Crippen molar-refractivity contribution in [1.82, 2.24) is 9.80 Å². The lowest BCUT2D eigenvalue weighted by molar-refractivity contribution is 0.0468. The van der Waals surface area contributed by atoms with Crippen molar-refractivity contribution in [3.05, 3.63) is 59.6 Å². The molecule has 4 nitrogen and oxygen atoms in total. The van der Waals surface area contributed by atoms with Crippen LogP contribution in [0.3, 0.4) is 0 Å². The van der Waals surface area contributed by atoms with Crippen LogP contribution in [0, 0.1) is 11.6 Å².